The first-order valence-electron chi connectivity index (χ1n) is 11.5. The molecule has 0 radical (unpaired) electrons. The van der Waals surface area contributed by atoms with E-state index >= 15 is 0 Å². The normalized spacial score (nSPS) is 46.6. The highest BCUT2D eigenvalue weighted by Crippen LogP contribution is 2.73. The summed E-state index contributed by atoms with van der Waals surface area (Å²) < 4.78 is 10.7. The summed E-state index contributed by atoms with van der Waals surface area (Å²) in [6.45, 7) is 4.07. The zero-order valence-corrected chi connectivity index (χ0v) is 18.7. The van der Waals surface area contributed by atoms with Gasteiger partial charge in [0, 0.05) is 42.2 Å². The summed E-state index contributed by atoms with van der Waals surface area (Å²) >= 11 is 0. The van der Waals surface area contributed by atoms with Crippen LogP contribution in [0.2, 0.25) is 0 Å². The number of aliphatic hydroxyl groups excluding tert-OH is 1. The van der Waals surface area contributed by atoms with Crippen molar-refractivity contribution in [3.8, 4) is 5.75 Å². The van der Waals surface area contributed by atoms with Gasteiger partial charge in [0.15, 0.2) is 0 Å². The molecule has 1 spiro atoms. The molecule has 0 aromatic heterocycles. The summed E-state index contributed by atoms with van der Waals surface area (Å²) in [5, 5.41) is 24.2. The van der Waals surface area contributed by atoms with Crippen molar-refractivity contribution in [1.29, 1.82) is 0 Å². The molecule has 1 aromatic rings. The molecule has 3 heterocycles. The standard InChI is InChI=1S/C24H32N2O5/c1-5-22-16-10-13(16)12-26-9-8-23(18(22)26)15-7-6-14(30-3)11-17(15)25(2)19(23)24(29,20(22)27)21(28)31-4/h6-7,11,13,16,18-20,27,29H,5,8-10,12H2,1-4H3/t13-,16-,18+,19-,20-,22-,23-,24?/m1/s1. The van der Waals surface area contributed by atoms with E-state index in [2.05, 4.69) is 17.9 Å². The Balaban J connectivity index is 1.67. The number of hydrogen-bond acceptors (Lipinski definition) is 7. The summed E-state index contributed by atoms with van der Waals surface area (Å²) in [5.74, 6) is 0.871. The topological polar surface area (TPSA) is 82.5 Å². The number of rotatable bonds is 3. The number of aliphatic hydroxyl groups is 2. The molecule has 2 saturated carbocycles. The molecule has 0 bridgehead atoms. The maximum Gasteiger partial charge on any atom is 0.342 e. The van der Waals surface area contributed by atoms with E-state index < -0.39 is 34.5 Å². The Kier molecular flexibility index (Phi) is 3.80. The van der Waals surface area contributed by atoms with Gasteiger partial charge in [-0.2, -0.15) is 0 Å². The molecule has 4 fully saturated rings. The van der Waals surface area contributed by atoms with E-state index in [9.17, 15) is 15.0 Å². The summed E-state index contributed by atoms with van der Waals surface area (Å²) in [7, 11) is 4.87. The van der Waals surface area contributed by atoms with E-state index in [0.29, 0.717) is 11.8 Å². The maximum atomic E-state index is 13.3. The number of likely N-dealkylation sites (N-methyl/N-ethyl adjacent to an activating group) is 1. The van der Waals surface area contributed by atoms with Gasteiger partial charge in [-0.15, -0.1) is 0 Å². The second kappa shape index (κ2) is 5.94. The Hall–Kier alpha value is -1.83. The zero-order chi connectivity index (χ0) is 21.9. The highest BCUT2D eigenvalue weighted by molar-refractivity contribution is 5.86. The van der Waals surface area contributed by atoms with Crippen molar-refractivity contribution in [3.63, 3.8) is 0 Å². The summed E-state index contributed by atoms with van der Waals surface area (Å²) in [6.07, 6.45) is 1.44. The van der Waals surface area contributed by atoms with Crippen LogP contribution in [0, 0.1) is 17.3 Å². The lowest BCUT2D eigenvalue weighted by molar-refractivity contribution is -0.237. The Bertz CT molecular complexity index is 969. The number of ether oxygens (including phenoxy) is 2. The molecule has 2 N–H and O–H groups in total. The van der Waals surface area contributed by atoms with Crippen LogP contribution < -0.4 is 9.64 Å². The molecule has 8 atom stereocenters. The molecule has 168 valence electrons. The van der Waals surface area contributed by atoms with Crippen LogP contribution in [0.3, 0.4) is 0 Å². The van der Waals surface area contributed by atoms with Crippen molar-refractivity contribution in [2.75, 3.05) is 39.3 Å². The van der Waals surface area contributed by atoms with E-state index in [4.69, 9.17) is 9.47 Å². The van der Waals surface area contributed by atoms with Crippen LogP contribution in [-0.4, -0.2) is 79.2 Å². The van der Waals surface area contributed by atoms with Gasteiger partial charge >= 0.3 is 5.97 Å². The van der Waals surface area contributed by atoms with Gasteiger partial charge in [0.05, 0.1) is 20.3 Å². The Morgan fingerprint density at radius 1 is 1.29 bits per heavy atom. The van der Waals surface area contributed by atoms with Gasteiger partial charge in [-0.3, -0.25) is 4.90 Å². The number of esters is 1. The van der Waals surface area contributed by atoms with Crippen LogP contribution >= 0.6 is 0 Å². The third-order valence-corrected chi connectivity index (χ3v) is 9.69. The quantitative estimate of drug-likeness (QED) is 0.699. The van der Waals surface area contributed by atoms with Gasteiger partial charge in [-0.25, -0.2) is 4.79 Å². The first-order chi connectivity index (χ1) is 14.8. The summed E-state index contributed by atoms with van der Waals surface area (Å²) in [4.78, 5) is 17.8. The average molecular weight is 429 g/mol. The third kappa shape index (κ3) is 1.92. The van der Waals surface area contributed by atoms with Crippen molar-refractivity contribution >= 4 is 11.7 Å². The van der Waals surface area contributed by atoms with Gasteiger partial charge < -0.3 is 24.6 Å². The number of methoxy groups -OCH3 is 2. The highest BCUT2D eigenvalue weighted by atomic mass is 16.5. The minimum atomic E-state index is -2.01. The highest BCUT2D eigenvalue weighted by Gasteiger charge is 2.83. The molecule has 6 rings (SSSR count). The molecule has 7 nitrogen and oxygen atoms in total. The fourth-order valence-electron chi connectivity index (χ4n) is 8.71. The molecular formula is C24H32N2O5. The van der Waals surface area contributed by atoms with Gasteiger partial charge in [0.25, 0.3) is 0 Å². The summed E-state index contributed by atoms with van der Waals surface area (Å²) in [5.41, 5.74) is -0.892. The molecule has 7 heteroatoms. The fraction of sp³-hybridized carbons (Fsp3) is 0.708. The molecule has 1 unspecified atom stereocenters. The monoisotopic (exact) mass is 428 g/mol. The van der Waals surface area contributed by atoms with Crippen molar-refractivity contribution < 1.29 is 24.5 Å². The van der Waals surface area contributed by atoms with Gasteiger partial charge in [0.2, 0.25) is 5.60 Å². The van der Waals surface area contributed by atoms with Crippen molar-refractivity contribution in [2.24, 2.45) is 17.3 Å². The number of fused-ring (bicyclic) bond motifs is 3. The Morgan fingerprint density at radius 2 is 2.06 bits per heavy atom. The Morgan fingerprint density at radius 3 is 2.74 bits per heavy atom. The number of carbonyl (C=O) groups is 1. The molecular weight excluding hydrogens is 396 g/mol. The molecule has 31 heavy (non-hydrogen) atoms. The van der Waals surface area contributed by atoms with E-state index in [1.54, 1.807) is 7.11 Å². The number of benzene rings is 1. The number of nitrogens with zero attached hydrogens (tertiary/aromatic N) is 2. The van der Waals surface area contributed by atoms with E-state index in [-0.39, 0.29) is 6.04 Å². The molecule has 1 aromatic carbocycles. The summed E-state index contributed by atoms with van der Waals surface area (Å²) in [6, 6.07) is 5.56. The fourth-order valence-corrected chi connectivity index (χ4v) is 8.71. The first-order valence-corrected chi connectivity index (χ1v) is 11.5. The number of carbonyl (C=O) groups excluding carboxylic acids is 1. The number of anilines is 1. The van der Waals surface area contributed by atoms with Crippen LogP contribution in [0.5, 0.6) is 5.75 Å². The van der Waals surface area contributed by atoms with Crippen molar-refractivity contribution in [2.45, 2.75) is 55.4 Å². The third-order valence-electron chi connectivity index (χ3n) is 9.69. The van der Waals surface area contributed by atoms with Crippen LogP contribution in [0.25, 0.3) is 0 Å². The number of hydrogen-bond donors (Lipinski definition) is 2. The molecule has 2 saturated heterocycles. The predicted molar refractivity (Wildman–Crippen MR) is 114 cm³/mol. The van der Waals surface area contributed by atoms with Gasteiger partial charge in [-0.05, 0) is 49.3 Å². The Labute approximate surface area is 182 Å². The van der Waals surface area contributed by atoms with E-state index in [1.807, 2.05) is 24.1 Å². The van der Waals surface area contributed by atoms with Crippen molar-refractivity contribution in [3.05, 3.63) is 23.8 Å². The second-order valence-electron chi connectivity index (χ2n) is 10.4. The van der Waals surface area contributed by atoms with Gasteiger partial charge in [0.1, 0.15) is 11.9 Å². The zero-order valence-electron chi connectivity index (χ0n) is 18.7. The lowest BCUT2D eigenvalue weighted by atomic mass is 9.46. The number of piperidine rings is 1. The van der Waals surface area contributed by atoms with Crippen LogP contribution in [0.4, 0.5) is 5.69 Å². The van der Waals surface area contributed by atoms with Crippen LogP contribution in [0.1, 0.15) is 31.7 Å². The lowest BCUT2D eigenvalue weighted by Gasteiger charge is -2.64. The SMILES string of the molecule is CC[C@]12[C@@H]3C[C@@H]3CN3CC[C@@]4(c5ccc(OC)cc5N(C)[C@H]4C(O)(C(=O)OC)[C@@H]1O)[C@@H]32. The van der Waals surface area contributed by atoms with E-state index in [1.165, 1.54) is 7.11 Å². The average Bonchev–Trinajstić information content (AvgIpc) is 3.42. The van der Waals surface area contributed by atoms with Crippen LogP contribution in [0.15, 0.2) is 18.2 Å². The lowest BCUT2D eigenvalue weighted by Crippen LogP contribution is -2.82. The second-order valence-corrected chi connectivity index (χ2v) is 10.4. The van der Waals surface area contributed by atoms with Crippen molar-refractivity contribution in [1.82, 2.24) is 4.90 Å². The first kappa shape index (κ1) is 19.8. The molecule has 0 amide bonds. The minimum absolute atomic E-state index is 0.0794. The van der Waals surface area contributed by atoms with Gasteiger partial charge in [-0.1, -0.05) is 13.0 Å². The minimum Gasteiger partial charge on any atom is -0.497 e. The smallest absolute Gasteiger partial charge is 0.342 e. The van der Waals surface area contributed by atoms with Crippen LogP contribution in [-0.2, 0) is 14.9 Å². The molecule has 2 aliphatic carbocycles. The molecule has 3 aliphatic heterocycles. The largest absolute Gasteiger partial charge is 0.497 e. The maximum absolute atomic E-state index is 13.3. The van der Waals surface area contributed by atoms with E-state index in [0.717, 1.165) is 49.4 Å². The predicted octanol–water partition coefficient (Wildman–Crippen LogP) is 1.15. The molecule has 5 aliphatic rings.